The van der Waals surface area contributed by atoms with Crippen molar-refractivity contribution in [3.63, 3.8) is 0 Å². The maximum Gasteiger partial charge on any atom is 0.191 e. The van der Waals surface area contributed by atoms with E-state index in [4.69, 9.17) is 9.47 Å². The number of rotatable bonds is 6. The molecule has 0 bridgehead atoms. The molecule has 0 atom stereocenters. The Morgan fingerprint density at radius 3 is 2.37 bits per heavy atom. The Bertz CT molecular complexity index is 369. The Morgan fingerprint density at radius 1 is 1.16 bits per heavy atom. The van der Waals surface area contributed by atoms with Crippen LogP contribution in [0.25, 0.3) is 0 Å². The summed E-state index contributed by atoms with van der Waals surface area (Å²) < 4.78 is 10.1. The van der Waals surface area contributed by atoms with Gasteiger partial charge in [0.1, 0.15) is 5.75 Å². The molecule has 0 aliphatic carbocycles. The lowest BCUT2D eigenvalue weighted by molar-refractivity contribution is 0.203. The summed E-state index contributed by atoms with van der Waals surface area (Å²) in [5.74, 6) is 1.63. The highest BCUT2D eigenvalue weighted by Crippen LogP contribution is 2.10. The highest BCUT2D eigenvalue weighted by molar-refractivity contribution is 14.0. The summed E-state index contributed by atoms with van der Waals surface area (Å²) in [7, 11) is 5.08. The number of guanidine groups is 1. The molecule has 2 N–H and O–H groups in total. The van der Waals surface area contributed by atoms with Crippen LogP contribution in [0.2, 0.25) is 0 Å². The summed E-state index contributed by atoms with van der Waals surface area (Å²) in [5, 5.41) is 6.38. The molecule has 0 saturated heterocycles. The van der Waals surface area contributed by atoms with E-state index in [1.54, 1.807) is 21.3 Å². The lowest BCUT2D eigenvalue weighted by atomic mass is 10.2. The van der Waals surface area contributed by atoms with Crippen molar-refractivity contribution in [2.45, 2.75) is 6.54 Å². The average Bonchev–Trinajstić information content (AvgIpc) is 2.43. The second-order valence-corrected chi connectivity index (χ2v) is 3.69. The second kappa shape index (κ2) is 10.9. The molecule has 1 rings (SSSR count). The van der Waals surface area contributed by atoms with Crippen molar-refractivity contribution in [3.05, 3.63) is 29.8 Å². The minimum atomic E-state index is 0. The first kappa shape index (κ1) is 18.0. The van der Waals surface area contributed by atoms with Gasteiger partial charge >= 0.3 is 0 Å². The molecule has 19 heavy (non-hydrogen) atoms. The first-order valence-corrected chi connectivity index (χ1v) is 5.86. The van der Waals surface area contributed by atoms with Crippen molar-refractivity contribution in [2.24, 2.45) is 4.99 Å². The quantitative estimate of drug-likeness (QED) is 0.342. The highest BCUT2D eigenvalue weighted by Gasteiger charge is 1.98. The predicted molar refractivity (Wildman–Crippen MR) is 88.5 cm³/mol. The van der Waals surface area contributed by atoms with Gasteiger partial charge in [0.15, 0.2) is 5.96 Å². The molecular weight excluding hydrogens is 357 g/mol. The molecule has 0 aromatic heterocycles. The number of benzene rings is 1. The molecule has 108 valence electrons. The number of methoxy groups -OCH3 is 2. The van der Waals surface area contributed by atoms with Crippen molar-refractivity contribution in [1.29, 1.82) is 0 Å². The van der Waals surface area contributed by atoms with E-state index < -0.39 is 0 Å². The molecule has 0 spiro atoms. The minimum absolute atomic E-state index is 0. The lowest BCUT2D eigenvalue weighted by Crippen LogP contribution is -2.38. The molecule has 6 heteroatoms. The van der Waals surface area contributed by atoms with E-state index in [1.165, 1.54) is 5.56 Å². The molecule has 0 amide bonds. The Labute approximate surface area is 131 Å². The van der Waals surface area contributed by atoms with Crippen LogP contribution in [0.5, 0.6) is 5.75 Å². The molecule has 0 unspecified atom stereocenters. The normalized spacial score (nSPS) is 10.6. The number of hydrogen-bond acceptors (Lipinski definition) is 3. The molecule has 0 fully saturated rings. The van der Waals surface area contributed by atoms with Gasteiger partial charge in [0.05, 0.1) is 13.7 Å². The van der Waals surface area contributed by atoms with Gasteiger partial charge in [-0.25, -0.2) is 0 Å². The maximum atomic E-state index is 5.11. The van der Waals surface area contributed by atoms with Crippen LogP contribution in [0.1, 0.15) is 5.56 Å². The van der Waals surface area contributed by atoms with Crippen LogP contribution in [-0.4, -0.2) is 40.4 Å². The van der Waals surface area contributed by atoms with Crippen LogP contribution in [0, 0.1) is 0 Å². The Kier molecular flexibility index (Phi) is 10.3. The fourth-order valence-electron chi connectivity index (χ4n) is 1.42. The molecule has 1 aromatic carbocycles. The van der Waals surface area contributed by atoms with Crippen molar-refractivity contribution < 1.29 is 9.47 Å². The molecule has 0 radical (unpaired) electrons. The van der Waals surface area contributed by atoms with Crippen LogP contribution >= 0.6 is 24.0 Å². The van der Waals surface area contributed by atoms with E-state index in [1.807, 2.05) is 24.3 Å². The number of ether oxygens (including phenoxy) is 2. The van der Waals surface area contributed by atoms with Gasteiger partial charge in [0.2, 0.25) is 0 Å². The number of halogens is 1. The van der Waals surface area contributed by atoms with E-state index >= 15 is 0 Å². The first-order chi connectivity index (χ1) is 8.80. The van der Waals surface area contributed by atoms with E-state index in [0.717, 1.165) is 24.8 Å². The zero-order chi connectivity index (χ0) is 13.2. The zero-order valence-corrected chi connectivity index (χ0v) is 13.9. The summed E-state index contributed by atoms with van der Waals surface area (Å²) >= 11 is 0. The lowest BCUT2D eigenvalue weighted by Gasteiger charge is -2.11. The molecule has 0 heterocycles. The van der Waals surface area contributed by atoms with Gasteiger partial charge in [-0.2, -0.15) is 0 Å². The van der Waals surface area contributed by atoms with Crippen molar-refractivity contribution >= 4 is 29.9 Å². The standard InChI is InChI=1S/C13H21N3O2.HI/c1-14-13(15-8-9-17-2)16-10-11-4-6-12(18-3)7-5-11;/h4-7H,8-10H2,1-3H3,(H2,14,15,16);1H. The van der Waals surface area contributed by atoms with Crippen LogP contribution < -0.4 is 15.4 Å². The van der Waals surface area contributed by atoms with E-state index in [2.05, 4.69) is 15.6 Å². The number of hydrogen-bond donors (Lipinski definition) is 2. The molecular formula is C13H22IN3O2. The van der Waals surface area contributed by atoms with Gasteiger partial charge in [-0.3, -0.25) is 4.99 Å². The average molecular weight is 379 g/mol. The van der Waals surface area contributed by atoms with E-state index in [9.17, 15) is 0 Å². The van der Waals surface area contributed by atoms with Crippen molar-refractivity contribution in [2.75, 3.05) is 34.4 Å². The Balaban J connectivity index is 0.00000324. The fraction of sp³-hybridized carbons (Fsp3) is 0.462. The minimum Gasteiger partial charge on any atom is -0.497 e. The first-order valence-electron chi connectivity index (χ1n) is 5.86. The predicted octanol–water partition coefficient (Wildman–Crippen LogP) is 1.62. The summed E-state index contributed by atoms with van der Waals surface area (Å²) in [6.07, 6.45) is 0. The van der Waals surface area contributed by atoms with Gasteiger partial charge in [-0.15, -0.1) is 24.0 Å². The van der Waals surface area contributed by atoms with Crippen LogP contribution in [-0.2, 0) is 11.3 Å². The topological polar surface area (TPSA) is 54.9 Å². The summed E-state index contributed by atoms with van der Waals surface area (Å²) in [6.45, 7) is 2.11. The maximum absolute atomic E-state index is 5.11. The van der Waals surface area contributed by atoms with Crippen LogP contribution in [0.15, 0.2) is 29.3 Å². The van der Waals surface area contributed by atoms with Crippen LogP contribution in [0.4, 0.5) is 0 Å². The monoisotopic (exact) mass is 379 g/mol. The Morgan fingerprint density at radius 2 is 1.84 bits per heavy atom. The number of aliphatic imine (C=N–C) groups is 1. The molecule has 0 aliphatic heterocycles. The van der Waals surface area contributed by atoms with Gasteiger partial charge in [0.25, 0.3) is 0 Å². The summed E-state index contributed by atoms with van der Waals surface area (Å²) in [5.41, 5.74) is 1.17. The Hall–Kier alpha value is -1.02. The molecule has 5 nitrogen and oxygen atoms in total. The largest absolute Gasteiger partial charge is 0.497 e. The third kappa shape index (κ3) is 7.22. The molecule has 1 aromatic rings. The van der Waals surface area contributed by atoms with Gasteiger partial charge in [-0.05, 0) is 17.7 Å². The molecule has 0 aliphatic rings. The zero-order valence-electron chi connectivity index (χ0n) is 11.6. The molecule has 0 saturated carbocycles. The van der Waals surface area contributed by atoms with Crippen molar-refractivity contribution in [1.82, 2.24) is 10.6 Å². The smallest absolute Gasteiger partial charge is 0.191 e. The summed E-state index contributed by atoms with van der Waals surface area (Å²) in [6, 6.07) is 7.93. The highest BCUT2D eigenvalue weighted by atomic mass is 127. The van der Waals surface area contributed by atoms with E-state index in [0.29, 0.717) is 6.61 Å². The van der Waals surface area contributed by atoms with Gasteiger partial charge < -0.3 is 20.1 Å². The number of nitrogens with one attached hydrogen (secondary N) is 2. The third-order valence-corrected chi connectivity index (χ3v) is 2.44. The SMILES string of the molecule is CN=C(NCCOC)NCc1ccc(OC)cc1.I. The summed E-state index contributed by atoms with van der Waals surface area (Å²) in [4.78, 5) is 4.12. The van der Waals surface area contributed by atoms with E-state index in [-0.39, 0.29) is 24.0 Å². The van der Waals surface area contributed by atoms with Crippen molar-refractivity contribution in [3.8, 4) is 5.75 Å². The number of nitrogens with zero attached hydrogens (tertiary/aromatic N) is 1. The fourth-order valence-corrected chi connectivity index (χ4v) is 1.42. The van der Waals surface area contributed by atoms with Crippen LogP contribution in [0.3, 0.4) is 0 Å². The second-order valence-electron chi connectivity index (χ2n) is 3.69. The van der Waals surface area contributed by atoms with Gasteiger partial charge in [-0.1, -0.05) is 12.1 Å². The third-order valence-electron chi connectivity index (χ3n) is 2.44. The van der Waals surface area contributed by atoms with Gasteiger partial charge in [0, 0.05) is 27.2 Å².